The molecule has 0 N–H and O–H groups in total. The molecular weight excluding hydrogens is 672 g/mol. The predicted molar refractivity (Wildman–Crippen MR) is 181 cm³/mol. The minimum atomic E-state index is -0.830. The van der Waals surface area contributed by atoms with Crippen molar-refractivity contribution in [3.05, 3.63) is 112 Å². The lowest BCUT2D eigenvalue weighted by atomic mass is 9.95. The van der Waals surface area contributed by atoms with Crippen LogP contribution in [0, 0.1) is 6.92 Å². The summed E-state index contributed by atoms with van der Waals surface area (Å²) in [6.07, 6.45) is 1.78. The normalized spacial score (nSPS) is 14.4. The van der Waals surface area contributed by atoms with Crippen molar-refractivity contribution in [1.82, 2.24) is 4.57 Å². The summed E-state index contributed by atoms with van der Waals surface area (Å²) < 4.78 is 31.1. The molecule has 0 aliphatic carbocycles. The molecule has 1 aliphatic heterocycles. The molecule has 0 radical (unpaired) electrons. The highest BCUT2D eigenvalue weighted by Crippen LogP contribution is 2.41. The molecular formula is C35H35BrN2O7S. The molecule has 1 aliphatic rings. The lowest BCUT2D eigenvalue weighted by molar-refractivity contribution is -0.139. The number of carbonyl (C=O) groups excluding carboxylic acids is 1. The fraction of sp³-hybridized carbons (Fsp3) is 0.286. The van der Waals surface area contributed by atoms with E-state index in [9.17, 15) is 9.59 Å². The van der Waals surface area contributed by atoms with Crippen LogP contribution in [0.1, 0.15) is 49.1 Å². The zero-order valence-electron chi connectivity index (χ0n) is 26.5. The van der Waals surface area contributed by atoms with Crippen LogP contribution in [-0.4, -0.2) is 38.0 Å². The van der Waals surface area contributed by atoms with Crippen LogP contribution < -0.4 is 33.8 Å². The molecule has 240 valence electrons. The molecule has 0 fully saturated rings. The minimum absolute atomic E-state index is 0.174. The number of allylic oxidation sites excluding steroid dienone is 1. The van der Waals surface area contributed by atoms with Crippen LogP contribution in [-0.2, 0) is 16.1 Å². The van der Waals surface area contributed by atoms with Gasteiger partial charge in [0.1, 0.15) is 6.61 Å². The van der Waals surface area contributed by atoms with Gasteiger partial charge >= 0.3 is 5.97 Å². The summed E-state index contributed by atoms with van der Waals surface area (Å²) in [5.74, 6) is 1.58. The Morgan fingerprint density at radius 2 is 1.65 bits per heavy atom. The number of methoxy groups -OCH3 is 2. The largest absolute Gasteiger partial charge is 0.493 e. The molecule has 4 aromatic rings. The summed E-state index contributed by atoms with van der Waals surface area (Å²) in [4.78, 5) is 32.6. The fourth-order valence-corrected chi connectivity index (χ4v) is 6.75. The smallest absolute Gasteiger partial charge is 0.338 e. The minimum Gasteiger partial charge on any atom is -0.493 e. The van der Waals surface area contributed by atoms with Crippen molar-refractivity contribution in [3.63, 3.8) is 0 Å². The predicted octanol–water partition coefficient (Wildman–Crippen LogP) is 5.86. The van der Waals surface area contributed by atoms with E-state index in [2.05, 4.69) is 20.9 Å². The van der Waals surface area contributed by atoms with Crippen molar-refractivity contribution in [2.45, 2.75) is 40.3 Å². The quantitative estimate of drug-likeness (QED) is 0.180. The number of aromatic nitrogens is 1. The van der Waals surface area contributed by atoms with Gasteiger partial charge in [0.15, 0.2) is 27.8 Å². The molecule has 0 bridgehead atoms. The number of aryl methyl sites for hydroxylation is 1. The monoisotopic (exact) mass is 706 g/mol. The summed E-state index contributed by atoms with van der Waals surface area (Å²) in [6.45, 7) is 8.41. The highest BCUT2D eigenvalue weighted by Gasteiger charge is 2.35. The van der Waals surface area contributed by atoms with Crippen molar-refractivity contribution >= 4 is 39.3 Å². The van der Waals surface area contributed by atoms with E-state index in [4.69, 9.17) is 23.7 Å². The number of thiazole rings is 1. The van der Waals surface area contributed by atoms with E-state index in [1.165, 1.54) is 21.5 Å². The lowest BCUT2D eigenvalue weighted by Gasteiger charge is -2.26. The van der Waals surface area contributed by atoms with E-state index in [1.54, 1.807) is 46.3 Å². The Morgan fingerprint density at radius 1 is 0.935 bits per heavy atom. The first-order valence-corrected chi connectivity index (χ1v) is 16.4. The first kappa shape index (κ1) is 33.0. The van der Waals surface area contributed by atoms with Crippen molar-refractivity contribution in [2.24, 2.45) is 4.99 Å². The molecule has 5 rings (SSSR count). The van der Waals surface area contributed by atoms with Gasteiger partial charge < -0.3 is 23.7 Å². The molecule has 0 spiro atoms. The standard InChI is InChI=1S/C35H35BrN2O7S/c1-7-43-29-18-25(36)24(17-28(29)42-6)32-31(34(40)44-8-2)21(4)37-35-38(32)33(39)30(46-35)16-23-13-14-26(27(15-23)41-5)45-19-22-11-9-20(3)10-12-22/h9-18,32H,7-8,19H2,1-6H3/b30-16+/t32-/m0/s1. The second-order valence-corrected chi connectivity index (χ2v) is 12.3. The van der Waals surface area contributed by atoms with Crippen LogP contribution >= 0.6 is 27.3 Å². The van der Waals surface area contributed by atoms with Gasteiger partial charge in [0.2, 0.25) is 0 Å². The number of hydrogen-bond acceptors (Lipinski definition) is 9. The van der Waals surface area contributed by atoms with E-state index in [0.29, 0.717) is 61.3 Å². The third kappa shape index (κ3) is 6.75. The third-order valence-corrected chi connectivity index (χ3v) is 9.06. The summed E-state index contributed by atoms with van der Waals surface area (Å²) in [5, 5.41) is 0. The average molecular weight is 708 g/mol. The Bertz CT molecular complexity index is 1980. The SMILES string of the molecule is CCOC(=O)C1=C(C)N=c2s/c(=C/c3ccc(OCc4ccc(C)cc4)c(OC)c3)c(=O)n2[C@H]1c1cc(OC)c(OCC)cc1Br. The van der Waals surface area contributed by atoms with Gasteiger partial charge in [0.05, 0.1) is 49.3 Å². The van der Waals surface area contributed by atoms with Gasteiger partial charge in [0, 0.05) is 4.47 Å². The van der Waals surface area contributed by atoms with Gasteiger partial charge in [-0.05, 0) is 74.7 Å². The van der Waals surface area contributed by atoms with Gasteiger partial charge in [-0.1, -0.05) is 63.2 Å². The Balaban J connectivity index is 1.59. The number of fused-ring (bicyclic) bond motifs is 1. The van der Waals surface area contributed by atoms with Gasteiger partial charge in [-0.2, -0.15) is 0 Å². The van der Waals surface area contributed by atoms with E-state index in [1.807, 2.05) is 56.3 Å². The van der Waals surface area contributed by atoms with Crippen LogP contribution in [0.4, 0.5) is 0 Å². The molecule has 1 aromatic heterocycles. The number of nitrogens with zero attached hydrogens (tertiary/aromatic N) is 2. The molecule has 1 atom stereocenters. The molecule has 0 unspecified atom stereocenters. The van der Waals surface area contributed by atoms with Crippen molar-refractivity contribution in [2.75, 3.05) is 27.4 Å². The second-order valence-electron chi connectivity index (χ2n) is 10.4. The van der Waals surface area contributed by atoms with Gasteiger partial charge in [-0.15, -0.1) is 0 Å². The number of halogens is 1. The van der Waals surface area contributed by atoms with Crippen LogP contribution in [0.5, 0.6) is 23.0 Å². The Hall–Kier alpha value is -4.35. The van der Waals surface area contributed by atoms with E-state index in [-0.39, 0.29) is 17.7 Å². The first-order valence-electron chi connectivity index (χ1n) is 14.7. The maximum absolute atomic E-state index is 14.2. The van der Waals surface area contributed by atoms with E-state index < -0.39 is 12.0 Å². The Kier molecular flexibility index (Phi) is 10.3. The van der Waals surface area contributed by atoms with Crippen LogP contribution in [0.15, 0.2) is 80.1 Å². The fourth-order valence-electron chi connectivity index (χ4n) is 5.16. The van der Waals surface area contributed by atoms with E-state index >= 15 is 0 Å². The number of carbonyl (C=O) groups is 1. The van der Waals surface area contributed by atoms with Crippen LogP contribution in [0.2, 0.25) is 0 Å². The molecule has 2 heterocycles. The number of benzene rings is 3. The maximum Gasteiger partial charge on any atom is 0.338 e. The molecule has 3 aromatic carbocycles. The number of hydrogen-bond donors (Lipinski definition) is 0. The van der Waals surface area contributed by atoms with Crippen molar-refractivity contribution in [3.8, 4) is 23.0 Å². The van der Waals surface area contributed by atoms with Crippen molar-refractivity contribution in [1.29, 1.82) is 0 Å². The summed E-state index contributed by atoms with van der Waals surface area (Å²) in [5.41, 5.74) is 4.02. The highest BCUT2D eigenvalue weighted by molar-refractivity contribution is 9.10. The maximum atomic E-state index is 14.2. The second kappa shape index (κ2) is 14.4. The molecule has 46 heavy (non-hydrogen) atoms. The molecule has 11 heteroatoms. The van der Waals surface area contributed by atoms with Gasteiger partial charge in [-0.25, -0.2) is 9.79 Å². The Labute approximate surface area is 279 Å². The summed E-state index contributed by atoms with van der Waals surface area (Å²) in [6, 6.07) is 16.4. The Morgan fingerprint density at radius 3 is 2.33 bits per heavy atom. The van der Waals surface area contributed by atoms with Crippen LogP contribution in [0.3, 0.4) is 0 Å². The highest BCUT2D eigenvalue weighted by atomic mass is 79.9. The van der Waals surface area contributed by atoms with Crippen LogP contribution in [0.25, 0.3) is 6.08 Å². The first-order chi connectivity index (χ1) is 22.2. The zero-order chi connectivity index (χ0) is 33.0. The van der Waals surface area contributed by atoms with Gasteiger partial charge in [0.25, 0.3) is 5.56 Å². The average Bonchev–Trinajstić information content (AvgIpc) is 3.34. The molecule has 0 amide bonds. The summed E-state index contributed by atoms with van der Waals surface area (Å²) in [7, 11) is 3.12. The molecule has 0 saturated carbocycles. The summed E-state index contributed by atoms with van der Waals surface area (Å²) >= 11 is 4.89. The molecule has 9 nitrogen and oxygen atoms in total. The van der Waals surface area contributed by atoms with Crippen molar-refractivity contribution < 1.29 is 28.5 Å². The number of ether oxygens (including phenoxy) is 5. The third-order valence-electron chi connectivity index (χ3n) is 7.39. The van der Waals surface area contributed by atoms with Gasteiger partial charge in [-0.3, -0.25) is 9.36 Å². The number of esters is 1. The molecule has 0 saturated heterocycles. The lowest BCUT2D eigenvalue weighted by Crippen LogP contribution is -2.40. The topological polar surface area (TPSA) is 97.6 Å². The zero-order valence-corrected chi connectivity index (χ0v) is 28.9. The number of rotatable bonds is 11. The van der Waals surface area contributed by atoms with E-state index in [0.717, 1.165) is 11.1 Å².